The second-order valence-corrected chi connectivity index (χ2v) is 7.45. The number of amides is 1. The topological polar surface area (TPSA) is 82.5 Å². The molecule has 0 unspecified atom stereocenters. The summed E-state index contributed by atoms with van der Waals surface area (Å²) >= 11 is 0. The minimum absolute atomic E-state index is 0.185. The van der Waals surface area contributed by atoms with Crippen molar-refractivity contribution in [3.63, 3.8) is 0 Å². The molecule has 0 spiro atoms. The van der Waals surface area contributed by atoms with Gasteiger partial charge in [-0.05, 0) is 48.9 Å². The third-order valence-corrected chi connectivity index (χ3v) is 5.43. The highest BCUT2D eigenvalue weighted by molar-refractivity contribution is 6.07. The largest absolute Gasteiger partial charge is 0.465 e. The van der Waals surface area contributed by atoms with Crippen molar-refractivity contribution in [3.8, 4) is 11.5 Å². The summed E-state index contributed by atoms with van der Waals surface area (Å²) in [5.74, 6) is -0.378. The third kappa shape index (κ3) is 3.47. The number of para-hydroxylation sites is 3. The maximum atomic E-state index is 13.0. The van der Waals surface area contributed by atoms with E-state index in [4.69, 9.17) is 9.47 Å². The van der Waals surface area contributed by atoms with E-state index in [0.717, 1.165) is 16.6 Å². The molecule has 2 atom stereocenters. The van der Waals surface area contributed by atoms with Gasteiger partial charge >= 0.3 is 5.97 Å². The Morgan fingerprint density at radius 3 is 2.56 bits per heavy atom. The summed E-state index contributed by atoms with van der Waals surface area (Å²) < 4.78 is 13.2. The molecule has 0 aliphatic carbocycles. The van der Waals surface area contributed by atoms with Crippen LogP contribution in [0, 0.1) is 5.92 Å². The van der Waals surface area contributed by atoms with Crippen LogP contribution in [-0.4, -0.2) is 28.0 Å². The predicted octanol–water partition coefficient (Wildman–Crippen LogP) is 4.55. The van der Waals surface area contributed by atoms with Crippen molar-refractivity contribution in [2.24, 2.45) is 5.92 Å². The normalized spacial score (nSPS) is 17.5. The fourth-order valence-corrected chi connectivity index (χ4v) is 4.09. The Labute approximate surface area is 184 Å². The quantitative estimate of drug-likeness (QED) is 0.373. The lowest BCUT2D eigenvalue weighted by atomic mass is 9.90. The number of anilines is 1. The molecule has 1 aliphatic heterocycles. The zero-order chi connectivity index (χ0) is 22.1. The van der Waals surface area contributed by atoms with Crippen LogP contribution in [0.5, 0.6) is 11.5 Å². The van der Waals surface area contributed by atoms with Crippen molar-refractivity contribution in [1.82, 2.24) is 9.55 Å². The van der Waals surface area contributed by atoms with Gasteiger partial charge in [0, 0.05) is 0 Å². The molecular weight excluding hydrogens is 406 g/mol. The molecule has 0 bridgehead atoms. The van der Waals surface area contributed by atoms with E-state index < -0.39 is 23.8 Å². The average molecular weight is 427 g/mol. The van der Waals surface area contributed by atoms with Gasteiger partial charge in [0.2, 0.25) is 11.9 Å². The number of benzene rings is 3. The standard InChI is InChI=1S/C25H21N3O4/c1-2-31-24(30)21-22(16-9-8-12-18(15-16)32-17-10-4-3-5-11-17)28-20-14-7-6-13-19(20)26-25(28)27-23(21)29/h3-15,21-22H,2H2,1H3,(H,26,27,29)/t21-,22-/m1/s1. The van der Waals surface area contributed by atoms with Gasteiger partial charge in [-0.15, -0.1) is 0 Å². The van der Waals surface area contributed by atoms with E-state index in [-0.39, 0.29) is 6.61 Å². The fourth-order valence-electron chi connectivity index (χ4n) is 4.09. The van der Waals surface area contributed by atoms with Gasteiger partial charge in [0.25, 0.3) is 0 Å². The van der Waals surface area contributed by atoms with Crippen LogP contribution in [0.15, 0.2) is 78.9 Å². The number of ether oxygens (including phenoxy) is 2. The first-order chi connectivity index (χ1) is 15.7. The first-order valence-corrected chi connectivity index (χ1v) is 10.4. The molecule has 4 aromatic rings. The highest BCUT2D eigenvalue weighted by Crippen LogP contribution is 2.39. The number of nitrogens with one attached hydrogen (secondary N) is 1. The third-order valence-electron chi connectivity index (χ3n) is 5.43. The molecule has 7 heteroatoms. The van der Waals surface area contributed by atoms with Crippen molar-refractivity contribution >= 4 is 28.9 Å². The Morgan fingerprint density at radius 2 is 1.75 bits per heavy atom. The van der Waals surface area contributed by atoms with Gasteiger partial charge in [0.05, 0.1) is 23.7 Å². The highest BCUT2D eigenvalue weighted by Gasteiger charge is 2.44. The van der Waals surface area contributed by atoms with E-state index in [1.165, 1.54) is 0 Å². The number of fused-ring (bicyclic) bond motifs is 3. The van der Waals surface area contributed by atoms with Gasteiger partial charge < -0.3 is 14.0 Å². The van der Waals surface area contributed by atoms with Gasteiger partial charge in [-0.3, -0.25) is 14.9 Å². The number of imidazole rings is 1. The summed E-state index contributed by atoms with van der Waals surface area (Å²) in [7, 11) is 0. The molecule has 1 N–H and O–H groups in total. The van der Waals surface area contributed by atoms with Gasteiger partial charge in [-0.1, -0.05) is 42.5 Å². The molecule has 1 aliphatic rings. The Morgan fingerprint density at radius 1 is 1.00 bits per heavy atom. The van der Waals surface area contributed by atoms with Crippen LogP contribution in [0.3, 0.4) is 0 Å². The predicted molar refractivity (Wildman–Crippen MR) is 120 cm³/mol. The molecule has 0 saturated carbocycles. The van der Waals surface area contributed by atoms with Gasteiger partial charge in [0.15, 0.2) is 5.92 Å². The van der Waals surface area contributed by atoms with E-state index >= 15 is 0 Å². The van der Waals surface area contributed by atoms with E-state index in [9.17, 15) is 9.59 Å². The van der Waals surface area contributed by atoms with Crippen LogP contribution in [0.2, 0.25) is 0 Å². The lowest BCUT2D eigenvalue weighted by Crippen LogP contribution is -2.43. The van der Waals surface area contributed by atoms with E-state index in [0.29, 0.717) is 17.4 Å². The molecule has 1 amide bonds. The Balaban J connectivity index is 1.65. The monoisotopic (exact) mass is 427 g/mol. The van der Waals surface area contributed by atoms with Crippen molar-refractivity contribution in [2.45, 2.75) is 13.0 Å². The first kappa shape index (κ1) is 19.8. The Hall–Kier alpha value is -4.13. The second-order valence-electron chi connectivity index (χ2n) is 7.45. The smallest absolute Gasteiger partial charge is 0.321 e. The Bertz CT molecular complexity index is 1300. The maximum absolute atomic E-state index is 13.0. The first-order valence-electron chi connectivity index (χ1n) is 10.4. The summed E-state index contributed by atoms with van der Waals surface area (Å²) in [6, 6.07) is 23.8. The number of esters is 1. The number of hydrogen-bond donors (Lipinski definition) is 1. The van der Waals surface area contributed by atoms with Crippen LogP contribution in [-0.2, 0) is 14.3 Å². The number of aromatic nitrogens is 2. The van der Waals surface area contributed by atoms with E-state index in [2.05, 4.69) is 10.3 Å². The molecule has 0 saturated heterocycles. The second kappa shape index (κ2) is 8.19. The minimum atomic E-state index is -1.06. The molecule has 2 heterocycles. The number of rotatable bonds is 5. The molecule has 1 aromatic heterocycles. The summed E-state index contributed by atoms with van der Waals surface area (Å²) in [5.41, 5.74) is 2.29. The van der Waals surface area contributed by atoms with E-state index in [1.54, 1.807) is 6.92 Å². The minimum Gasteiger partial charge on any atom is -0.465 e. The molecule has 7 nitrogen and oxygen atoms in total. The number of hydrogen-bond acceptors (Lipinski definition) is 5. The van der Waals surface area contributed by atoms with Crippen LogP contribution >= 0.6 is 0 Å². The van der Waals surface area contributed by atoms with Crippen molar-refractivity contribution in [2.75, 3.05) is 11.9 Å². The molecule has 0 fully saturated rings. The van der Waals surface area contributed by atoms with Crippen molar-refractivity contribution in [1.29, 1.82) is 0 Å². The number of carbonyl (C=O) groups is 2. The zero-order valence-electron chi connectivity index (χ0n) is 17.4. The Kier molecular flexibility index (Phi) is 5.07. The van der Waals surface area contributed by atoms with Gasteiger partial charge in [-0.25, -0.2) is 4.98 Å². The van der Waals surface area contributed by atoms with Gasteiger partial charge in [0.1, 0.15) is 11.5 Å². The lowest BCUT2D eigenvalue weighted by Gasteiger charge is -2.32. The number of carbonyl (C=O) groups excluding carboxylic acids is 2. The van der Waals surface area contributed by atoms with Crippen LogP contribution in [0.4, 0.5) is 5.95 Å². The van der Waals surface area contributed by atoms with Crippen molar-refractivity contribution in [3.05, 3.63) is 84.4 Å². The van der Waals surface area contributed by atoms with Gasteiger partial charge in [-0.2, -0.15) is 0 Å². The molecule has 160 valence electrons. The van der Waals surface area contributed by atoms with Crippen LogP contribution in [0.25, 0.3) is 11.0 Å². The molecule has 5 rings (SSSR count). The SMILES string of the molecule is CCOC(=O)[C@H]1C(=O)Nc2nc3ccccc3n2[C@@H]1c1cccc(Oc2ccccc2)c1. The maximum Gasteiger partial charge on any atom is 0.321 e. The average Bonchev–Trinajstić information content (AvgIpc) is 3.17. The fraction of sp³-hybridized carbons (Fsp3) is 0.160. The summed E-state index contributed by atoms with van der Waals surface area (Å²) in [5, 5.41) is 2.77. The summed E-state index contributed by atoms with van der Waals surface area (Å²) in [4.78, 5) is 30.5. The molecular formula is C25H21N3O4. The molecule has 0 radical (unpaired) electrons. The van der Waals surface area contributed by atoms with Crippen LogP contribution in [0.1, 0.15) is 18.5 Å². The highest BCUT2D eigenvalue weighted by atomic mass is 16.5. The molecule has 32 heavy (non-hydrogen) atoms. The van der Waals surface area contributed by atoms with Crippen molar-refractivity contribution < 1.29 is 19.1 Å². The van der Waals surface area contributed by atoms with E-state index in [1.807, 2.05) is 83.4 Å². The summed E-state index contributed by atoms with van der Waals surface area (Å²) in [6.45, 7) is 1.91. The summed E-state index contributed by atoms with van der Waals surface area (Å²) in [6.07, 6.45) is 0. The zero-order valence-corrected chi connectivity index (χ0v) is 17.4. The van der Waals surface area contributed by atoms with Crippen LogP contribution < -0.4 is 10.1 Å². The number of nitrogens with zero attached hydrogens (tertiary/aromatic N) is 2. The molecule has 3 aromatic carbocycles. The lowest BCUT2D eigenvalue weighted by molar-refractivity contribution is -0.152.